The van der Waals surface area contributed by atoms with Crippen molar-refractivity contribution in [1.82, 2.24) is 0 Å². The minimum atomic E-state index is -1.78. The Labute approximate surface area is 412 Å². The molecule has 2 heterocycles. The molecule has 5 aromatic rings. The molecule has 0 aliphatic carbocycles. The van der Waals surface area contributed by atoms with Crippen LogP contribution >= 0.6 is 11.8 Å². The summed E-state index contributed by atoms with van der Waals surface area (Å²) in [7, 11) is 0. The molecule has 18 heteroatoms. The summed E-state index contributed by atoms with van der Waals surface area (Å²) < 4.78 is 61.0. The molecule has 0 aromatic heterocycles. The SMILES string of the molecule is CC(=O)OC1[C@@H](OC(C)=O)[C@H](OC(C)=O)C(CO[C@@H]2OC(COC(=O)c3ccccc3)[C@@H](OC(=O)c3ccccc3)[C@H](OC(=O)c3ccccc3)C2OC(=O)c2ccccc2)O[C@H]1SCc1ccccc1. The predicted octanol–water partition coefficient (Wildman–Crippen LogP) is 6.72. The number of hydrogen-bond donors (Lipinski definition) is 0. The van der Waals surface area contributed by atoms with Crippen molar-refractivity contribution in [1.29, 1.82) is 0 Å². The molecule has 2 saturated heterocycles. The number of esters is 7. The van der Waals surface area contributed by atoms with Crippen molar-refractivity contribution in [2.45, 2.75) is 87.1 Å². The molecule has 0 spiro atoms. The molecule has 0 amide bonds. The zero-order valence-corrected chi connectivity index (χ0v) is 39.5. The van der Waals surface area contributed by atoms with Gasteiger partial charge in [-0.05, 0) is 54.1 Å². The van der Waals surface area contributed by atoms with Crippen molar-refractivity contribution >= 4 is 53.5 Å². The third-order valence-electron chi connectivity index (χ3n) is 10.9. The zero-order chi connectivity index (χ0) is 50.3. The molecule has 5 aromatic carbocycles. The maximum Gasteiger partial charge on any atom is 0.338 e. The van der Waals surface area contributed by atoms with E-state index in [1.807, 2.05) is 30.3 Å². The summed E-state index contributed by atoms with van der Waals surface area (Å²) in [6.07, 6.45) is -14.1. The van der Waals surface area contributed by atoms with Crippen LogP contribution in [0.1, 0.15) is 67.8 Å². The molecule has 2 aliphatic rings. The highest BCUT2D eigenvalue weighted by Crippen LogP contribution is 2.37. The smallest absolute Gasteiger partial charge is 0.338 e. The molecule has 0 bridgehead atoms. The van der Waals surface area contributed by atoms with E-state index in [0.717, 1.165) is 26.3 Å². The summed E-state index contributed by atoms with van der Waals surface area (Å²) in [6.45, 7) is 2.18. The largest absolute Gasteiger partial charge is 0.459 e. The predicted molar refractivity (Wildman–Crippen MR) is 251 cm³/mol. The Balaban J connectivity index is 1.30. The highest BCUT2D eigenvalue weighted by molar-refractivity contribution is 7.99. The van der Waals surface area contributed by atoms with Gasteiger partial charge in [-0.3, -0.25) is 14.4 Å². The summed E-state index contributed by atoms with van der Waals surface area (Å²) in [6, 6.07) is 40.9. The molecule has 2 fully saturated rings. The molecule has 10 atom stereocenters. The van der Waals surface area contributed by atoms with Gasteiger partial charge >= 0.3 is 41.8 Å². The Morgan fingerprint density at radius 3 is 1.25 bits per heavy atom. The van der Waals surface area contributed by atoms with Crippen LogP contribution in [0.4, 0.5) is 0 Å². The van der Waals surface area contributed by atoms with E-state index in [-0.39, 0.29) is 22.3 Å². The Morgan fingerprint density at radius 2 is 0.775 bits per heavy atom. The zero-order valence-electron chi connectivity index (χ0n) is 38.7. The molecule has 71 heavy (non-hydrogen) atoms. The van der Waals surface area contributed by atoms with Crippen molar-refractivity contribution < 1.29 is 80.9 Å². The first kappa shape index (κ1) is 51.5. The van der Waals surface area contributed by atoms with Crippen molar-refractivity contribution in [3.8, 4) is 0 Å². The summed E-state index contributed by atoms with van der Waals surface area (Å²) in [5.74, 6) is -5.58. The first-order valence-electron chi connectivity index (χ1n) is 22.4. The van der Waals surface area contributed by atoms with E-state index in [4.69, 9.17) is 47.4 Å². The first-order valence-corrected chi connectivity index (χ1v) is 23.5. The molecule has 0 saturated carbocycles. The number of benzene rings is 5. The number of carbonyl (C=O) groups is 7. The normalized spacial score (nSPS) is 23.7. The lowest BCUT2D eigenvalue weighted by molar-refractivity contribution is -0.310. The van der Waals surface area contributed by atoms with Crippen LogP contribution < -0.4 is 0 Å². The Morgan fingerprint density at radius 1 is 0.408 bits per heavy atom. The Hall–Kier alpha value is -7.38. The molecule has 2 aliphatic heterocycles. The molecule has 17 nitrogen and oxygen atoms in total. The fraction of sp³-hybridized carbons (Fsp3) is 0.302. The first-order chi connectivity index (χ1) is 34.3. The molecule has 370 valence electrons. The minimum Gasteiger partial charge on any atom is -0.459 e. The van der Waals surface area contributed by atoms with Crippen LogP contribution in [0.15, 0.2) is 152 Å². The van der Waals surface area contributed by atoms with E-state index in [2.05, 4.69) is 0 Å². The van der Waals surface area contributed by atoms with Crippen LogP contribution in [0.2, 0.25) is 0 Å². The van der Waals surface area contributed by atoms with Crippen molar-refractivity contribution in [2.24, 2.45) is 0 Å². The second-order valence-corrected chi connectivity index (χ2v) is 17.2. The second-order valence-electron chi connectivity index (χ2n) is 16.1. The van der Waals surface area contributed by atoms with Gasteiger partial charge in [0, 0.05) is 26.5 Å². The molecule has 0 radical (unpaired) electrons. The summed E-state index contributed by atoms with van der Waals surface area (Å²) >= 11 is 1.20. The average molecular weight is 991 g/mol. The standard InChI is InChI=1S/C53H50O17S/c1-32(54)63-42-41(67-53(71-31-35-19-9-4-10-20-35)47(65-34(3)56)45(42)64-33(2)55)30-62-52-46(70-51(60)39-27-17-8-18-28-39)44(69-50(59)38-25-15-7-16-26-38)43(68-49(58)37-23-13-6-14-24-37)40(66-52)29-61-48(57)36-21-11-5-12-22-36/h4-28,40-47,52-53H,29-31H2,1-3H3/t40?,41?,42-,43-,44+,45+,46?,47?,52-,53+/m1/s1. The van der Waals surface area contributed by atoms with Crippen LogP contribution in [0.5, 0.6) is 0 Å². The minimum absolute atomic E-state index is 0.0701. The summed E-state index contributed by atoms with van der Waals surface area (Å²) in [4.78, 5) is 93.8. The van der Waals surface area contributed by atoms with Gasteiger partial charge in [0.05, 0.1) is 28.9 Å². The van der Waals surface area contributed by atoms with E-state index in [0.29, 0.717) is 5.75 Å². The second kappa shape index (κ2) is 25.0. The fourth-order valence-electron chi connectivity index (χ4n) is 7.73. The maximum atomic E-state index is 14.1. The lowest BCUT2D eigenvalue weighted by atomic mass is 9.97. The van der Waals surface area contributed by atoms with Gasteiger partial charge in [0.2, 0.25) is 0 Å². The molecule has 4 unspecified atom stereocenters. The van der Waals surface area contributed by atoms with Crippen LogP contribution in [0.3, 0.4) is 0 Å². The lowest BCUT2D eigenvalue weighted by Gasteiger charge is -2.46. The van der Waals surface area contributed by atoms with Gasteiger partial charge in [0.25, 0.3) is 0 Å². The molecule has 0 N–H and O–H groups in total. The molecular weight excluding hydrogens is 941 g/mol. The average Bonchev–Trinajstić information content (AvgIpc) is 3.38. The number of thioether (sulfide) groups is 1. The van der Waals surface area contributed by atoms with Gasteiger partial charge in [-0.15, -0.1) is 11.8 Å². The lowest BCUT2D eigenvalue weighted by Crippen LogP contribution is -2.64. The van der Waals surface area contributed by atoms with E-state index in [1.165, 1.54) is 60.3 Å². The third kappa shape index (κ3) is 14.1. The van der Waals surface area contributed by atoms with E-state index in [1.54, 1.807) is 72.8 Å². The number of hydrogen-bond acceptors (Lipinski definition) is 18. The van der Waals surface area contributed by atoms with Gasteiger partial charge in [0.15, 0.2) is 42.9 Å². The van der Waals surface area contributed by atoms with Gasteiger partial charge in [-0.1, -0.05) is 103 Å². The Bertz CT molecular complexity index is 2590. The monoisotopic (exact) mass is 990 g/mol. The van der Waals surface area contributed by atoms with Crippen LogP contribution in [-0.4, -0.2) is 116 Å². The van der Waals surface area contributed by atoms with E-state index in [9.17, 15) is 33.6 Å². The Kier molecular flexibility index (Phi) is 18.1. The van der Waals surface area contributed by atoms with Gasteiger partial charge in [-0.25, -0.2) is 19.2 Å². The summed E-state index contributed by atoms with van der Waals surface area (Å²) in [5.41, 5.74) is 0.211. The van der Waals surface area contributed by atoms with Crippen LogP contribution in [0, 0.1) is 0 Å². The number of carbonyl (C=O) groups excluding carboxylic acids is 7. The number of rotatable bonds is 18. The highest BCUT2D eigenvalue weighted by Gasteiger charge is 2.56. The third-order valence-corrected chi connectivity index (χ3v) is 12.1. The maximum absolute atomic E-state index is 14.1. The molecule has 7 rings (SSSR count). The van der Waals surface area contributed by atoms with E-state index >= 15 is 0 Å². The van der Waals surface area contributed by atoms with Gasteiger partial charge in [-0.2, -0.15) is 0 Å². The van der Waals surface area contributed by atoms with Crippen molar-refractivity contribution in [3.05, 3.63) is 179 Å². The fourth-order valence-corrected chi connectivity index (χ4v) is 8.90. The van der Waals surface area contributed by atoms with Crippen LogP contribution in [-0.2, 0) is 67.5 Å². The van der Waals surface area contributed by atoms with E-state index < -0.39 is 116 Å². The van der Waals surface area contributed by atoms with Gasteiger partial charge < -0.3 is 47.4 Å². The quantitative estimate of drug-likeness (QED) is 0.0659. The summed E-state index contributed by atoms with van der Waals surface area (Å²) in [5, 5.41) is 0. The van der Waals surface area contributed by atoms with Gasteiger partial charge in [0.1, 0.15) is 24.3 Å². The van der Waals surface area contributed by atoms with Crippen molar-refractivity contribution in [3.63, 3.8) is 0 Å². The number of ether oxygens (including phenoxy) is 10. The van der Waals surface area contributed by atoms with Crippen LogP contribution in [0.25, 0.3) is 0 Å². The highest BCUT2D eigenvalue weighted by atomic mass is 32.2. The topological polar surface area (TPSA) is 212 Å². The van der Waals surface area contributed by atoms with Crippen molar-refractivity contribution in [2.75, 3.05) is 13.2 Å². The molecular formula is C53H50O17S.